The van der Waals surface area contributed by atoms with Crippen molar-refractivity contribution < 1.29 is 14.3 Å². The third-order valence-electron chi connectivity index (χ3n) is 2.12. The number of ether oxygens (including phenoxy) is 2. The van der Waals surface area contributed by atoms with Crippen molar-refractivity contribution in [3.05, 3.63) is 44.9 Å². The lowest BCUT2D eigenvalue weighted by Crippen LogP contribution is -2.05. The molecule has 0 aliphatic heterocycles. The normalized spacial score (nSPS) is 10.6. The van der Waals surface area contributed by atoms with E-state index in [0.29, 0.717) is 16.3 Å². The molecule has 0 amide bonds. The van der Waals surface area contributed by atoms with Crippen molar-refractivity contribution in [1.29, 1.82) is 0 Å². The Hall–Kier alpha value is -2.17. The molecule has 100 valence electrons. The minimum Gasteiger partial charge on any atom is -0.495 e. The number of methoxy groups -OCH3 is 1. The van der Waals surface area contributed by atoms with Gasteiger partial charge in [-0.25, -0.2) is 4.79 Å². The fraction of sp³-hybridized carbons (Fsp3) is 0.250. The second-order valence-electron chi connectivity index (χ2n) is 3.33. The zero-order valence-electron chi connectivity index (χ0n) is 10.5. The van der Waals surface area contributed by atoms with Gasteiger partial charge in [-0.3, -0.25) is 0 Å². The molecule has 0 spiro atoms. The maximum Gasteiger partial charge on any atom is 0.340 e. The van der Waals surface area contributed by atoms with Crippen molar-refractivity contribution in [1.82, 2.24) is 0 Å². The lowest BCUT2D eigenvalue weighted by atomic mass is 10.2. The zero-order chi connectivity index (χ0) is 14.3. The number of carbonyl (C=O) groups excluding carboxylic acids is 1. The second kappa shape index (κ2) is 7.31. The SMILES string of the molecule is CCOC(=O)/C(=C/c1ccc(OC)c(Cl)c1)N=[N+]=[N-]. The fourth-order valence-electron chi connectivity index (χ4n) is 1.31. The van der Waals surface area contributed by atoms with Gasteiger partial charge in [0, 0.05) is 4.91 Å². The molecule has 0 aliphatic rings. The first-order valence-electron chi connectivity index (χ1n) is 5.39. The molecule has 0 radical (unpaired) electrons. The van der Waals surface area contributed by atoms with E-state index in [9.17, 15) is 4.79 Å². The van der Waals surface area contributed by atoms with Crippen LogP contribution >= 0.6 is 11.6 Å². The summed E-state index contributed by atoms with van der Waals surface area (Å²) in [7, 11) is 1.50. The molecule has 0 aliphatic carbocycles. The Labute approximate surface area is 115 Å². The van der Waals surface area contributed by atoms with Crippen molar-refractivity contribution in [2.45, 2.75) is 6.92 Å². The summed E-state index contributed by atoms with van der Waals surface area (Å²) in [4.78, 5) is 14.1. The monoisotopic (exact) mass is 281 g/mol. The highest BCUT2D eigenvalue weighted by molar-refractivity contribution is 6.32. The molecule has 1 aromatic rings. The average molecular weight is 282 g/mol. The van der Waals surface area contributed by atoms with Gasteiger partial charge in [-0.2, -0.15) is 0 Å². The van der Waals surface area contributed by atoms with Gasteiger partial charge in [-0.15, -0.1) is 0 Å². The van der Waals surface area contributed by atoms with Gasteiger partial charge < -0.3 is 9.47 Å². The van der Waals surface area contributed by atoms with E-state index in [-0.39, 0.29) is 12.3 Å². The Morgan fingerprint density at radius 1 is 1.58 bits per heavy atom. The number of esters is 1. The van der Waals surface area contributed by atoms with Gasteiger partial charge >= 0.3 is 5.97 Å². The topological polar surface area (TPSA) is 84.3 Å². The second-order valence-corrected chi connectivity index (χ2v) is 3.74. The Kier molecular flexibility index (Phi) is 5.73. The van der Waals surface area contributed by atoms with Gasteiger partial charge in [0.15, 0.2) is 0 Å². The minimum absolute atomic E-state index is 0.134. The quantitative estimate of drug-likeness (QED) is 0.272. The number of carbonyl (C=O) groups is 1. The van der Waals surface area contributed by atoms with Crippen LogP contribution in [0.15, 0.2) is 29.0 Å². The predicted octanol–water partition coefficient (Wildman–Crippen LogP) is 3.56. The molecule has 0 bridgehead atoms. The number of halogens is 1. The van der Waals surface area contributed by atoms with Crippen LogP contribution in [0.25, 0.3) is 16.5 Å². The summed E-state index contributed by atoms with van der Waals surface area (Å²) >= 11 is 5.96. The van der Waals surface area contributed by atoms with Crippen LogP contribution in [0.5, 0.6) is 5.75 Å². The highest BCUT2D eigenvalue weighted by atomic mass is 35.5. The van der Waals surface area contributed by atoms with Gasteiger partial charge in [0.2, 0.25) is 0 Å². The third-order valence-corrected chi connectivity index (χ3v) is 2.41. The first kappa shape index (κ1) is 14.9. The summed E-state index contributed by atoms with van der Waals surface area (Å²) in [5.74, 6) is -0.174. The number of azide groups is 1. The highest BCUT2D eigenvalue weighted by Gasteiger charge is 2.09. The molecule has 1 rings (SSSR count). The van der Waals surface area contributed by atoms with Crippen molar-refractivity contribution in [3.8, 4) is 5.75 Å². The highest BCUT2D eigenvalue weighted by Crippen LogP contribution is 2.26. The lowest BCUT2D eigenvalue weighted by Gasteiger charge is -2.04. The van der Waals surface area contributed by atoms with Crippen molar-refractivity contribution >= 4 is 23.6 Å². The molecule has 7 heteroatoms. The van der Waals surface area contributed by atoms with E-state index < -0.39 is 5.97 Å². The predicted molar refractivity (Wildman–Crippen MR) is 71.8 cm³/mol. The average Bonchev–Trinajstić information content (AvgIpc) is 2.39. The molecule has 0 unspecified atom stereocenters. The number of hydrogen-bond donors (Lipinski definition) is 0. The van der Waals surface area contributed by atoms with Crippen LogP contribution < -0.4 is 4.74 Å². The zero-order valence-corrected chi connectivity index (χ0v) is 11.2. The third kappa shape index (κ3) is 4.21. The van der Waals surface area contributed by atoms with Gasteiger partial charge in [-0.05, 0) is 36.2 Å². The van der Waals surface area contributed by atoms with Crippen LogP contribution in [-0.2, 0) is 9.53 Å². The van der Waals surface area contributed by atoms with Gasteiger partial charge in [0.05, 0.1) is 18.7 Å². The molecule has 6 nitrogen and oxygen atoms in total. The molecule has 1 aromatic carbocycles. The van der Waals surface area contributed by atoms with E-state index in [0.717, 1.165) is 0 Å². The molecule has 0 saturated carbocycles. The number of nitrogens with zero attached hydrogens (tertiary/aromatic N) is 3. The summed E-state index contributed by atoms with van der Waals surface area (Å²) in [6.07, 6.45) is 1.39. The van der Waals surface area contributed by atoms with Gasteiger partial charge in [0.1, 0.15) is 11.4 Å². The maximum atomic E-state index is 11.5. The maximum absolute atomic E-state index is 11.5. The van der Waals surface area contributed by atoms with Crippen LogP contribution in [0.4, 0.5) is 0 Å². The molecule has 0 fully saturated rings. The van der Waals surface area contributed by atoms with Crippen LogP contribution in [0, 0.1) is 0 Å². The van der Waals surface area contributed by atoms with Gasteiger partial charge in [0.25, 0.3) is 0 Å². The first-order valence-corrected chi connectivity index (χ1v) is 5.77. The molecular formula is C12H12ClN3O3. The standard InChI is InChI=1S/C12H12ClN3O3/c1-3-19-12(17)10(15-16-14)7-8-4-5-11(18-2)9(13)6-8/h4-7H,3H2,1-2H3/b10-7-. The number of hydrogen-bond acceptors (Lipinski definition) is 4. The summed E-state index contributed by atoms with van der Waals surface area (Å²) in [5, 5.41) is 3.69. The van der Waals surface area contributed by atoms with Crippen LogP contribution in [0.1, 0.15) is 12.5 Å². The first-order chi connectivity index (χ1) is 9.12. The molecule has 0 saturated heterocycles. The van der Waals surface area contributed by atoms with E-state index in [1.807, 2.05) is 0 Å². The minimum atomic E-state index is -0.688. The fourth-order valence-corrected chi connectivity index (χ4v) is 1.58. The summed E-state index contributed by atoms with van der Waals surface area (Å²) in [6, 6.07) is 4.91. The van der Waals surface area contributed by atoms with Crippen LogP contribution in [0.2, 0.25) is 5.02 Å². The van der Waals surface area contributed by atoms with E-state index in [2.05, 4.69) is 10.0 Å². The summed E-state index contributed by atoms with van der Waals surface area (Å²) < 4.78 is 9.79. The Morgan fingerprint density at radius 2 is 2.32 bits per heavy atom. The number of benzene rings is 1. The van der Waals surface area contributed by atoms with Crippen molar-refractivity contribution in [2.24, 2.45) is 5.11 Å². The molecular weight excluding hydrogens is 270 g/mol. The van der Waals surface area contributed by atoms with Crippen LogP contribution in [0.3, 0.4) is 0 Å². The van der Waals surface area contributed by atoms with Crippen molar-refractivity contribution in [2.75, 3.05) is 13.7 Å². The molecule has 0 heterocycles. The Bertz CT molecular complexity index is 551. The molecule has 0 aromatic heterocycles. The van der Waals surface area contributed by atoms with E-state index in [1.54, 1.807) is 25.1 Å². The Balaban J connectivity index is 3.11. The summed E-state index contributed by atoms with van der Waals surface area (Å²) in [6.45, 7) is 1.86. The largest absolute Gasteiger partial charge is 0.495 e. The Morgan fingerprint density at radius 3 is 2.84 bits per heavy atom. The van der Waals surface area contributed by atoms with E-state index >= 15 is 0 Å². The van der Waals surface area contributed by atoms with Crippen LogP contribution in [-0.4, -0.2) is 19.7 Å². The molecule has 0 atom stereocenters. The van der Waals surface area contributed by atoms with E-state index in [1.165, 1.54) is 13.2 Å². The van der Waals surface area contributed by atoms with Gasteiger partial charge in [-0.1, -0.05) is 22.8 Å². The number of rotatable bonds is 5. The van der Waals surface area contributed by atoms with E-state index in [4.69, 9.17) is 26.6 Å². The molecule has 0 N–H and O–H groups in total. The molecule has 19 heavy (non-hydrogen) atoms. The lowest BCUT2D eigenvalue weighted by molar-refractivity contribution is -0.138. The van der Waals surface area contributed by atoms with Crippen molar-refractivity contribution in [3.63, 3.8) is 0 Å². The summed E-state index contributed by atoms with van der Waals surface area (Å²) in [5.41, 5.74) is 8.90. The smallest absolute Gasteiger partial charge is 0.340 e.